The molecule has 2 nitrogen and oxygen atoms in total. The summed E-state index contributed by atoms with van der Waals surface area (Å²) in [6, 6.07) is 10.0. The summed E-state index contributed by atoms with van der Waals surface area (Å²) in [6.07, 6.45) is 1.07. The Morgan fingerprint density at radius 1 is 1.31 bits per heavy atom. The maximum atomic E-state index is 10.3. The molecule has 0 saturated carbocycles. The first-order valence-electron chi connectivity index (χ1n) is 5.86. The maximum Gasteiger partial charge on any atom is 0.120 e. The summed E-state index contributed by atoms with van der Waals surface area (Å²) in [6.45, 7) is 8.87. The highest BCUT2D eigenvalue weighted by Gasteiger charge is 2.24. The maximum absolute atomic E-state index is 10.3. The zero-order chi connectivity index (χ0) is 12.0. The molecule has 1 atom stereocenters. The van der Waals surface area contributed by atoms with Gasteiger partial charge in [-0.1, -0.05) is 44.2 Å². The van der Waals surface area contributed by atoms with Crippen molar-refractivity contribution in [3.63, 3.8) is 0 Å². The van der Waals surface area contributed by atoms with E-state index in [1.54, 1.807) is 0 Å². The Kier molecular flexibility index (Phi) is 4.97. The molecular formula is C14H22NO. The van der Waals surface area contributed by atoms with Gasteiger partial charge in [0.25, 0.3) is 0 Å². The first-order chi connectivity index (χ1) is 7.56. The van der Waals surface area contributed by atoms with Crippen molar-refractivity contribution in [1.82, 2.24) is 5.32 Å². The fourth-order valence-electron chi connectivity index (χ4n) is 1.57. The van der Waals surface area contributed by atoms with Gasteiger partial charge in [0.2, 0.25) is 0 Å². The molecule has 0 aliphatic rings. The Hall–Kier alpha value is -0.860. The summed E-state index contributed by atoms with van der Waals surface area (Å²) < 4.78 is 0. The first kappa shape index (κ1) is 13.2. The van der Waals surface area contributed by atoms with Gasteiger partial charge in [0.1, 0.15) is 5.72 Å². The zero-order valence-corrected chi connectivity index (χ0v) is 10.2. The van der Waals surface area contributed by atoms with Gasteiger partial charge in [-0.05, 0) is 24.8 Å². The van der Waals surface area contributed by atoms with Gasteiger partial charge in [-0.2, -0.15) is 0 Å². The number of benzene rings is 1. The fraction of sp³-hybridized carbons (Fsp3) is 0.500. The monoisotopic (exact) mass is 220 g/mol. The van der Waals surface area contributed by atoms with Crippen molar-refractivity contribution in [2.45, 2.75) is 32.4 Å². The molecule has 0 spiro atoms. The van der Waals surface area contributed by atoms with Gasteiger partial charge < -0.3 is 5.11 Å². The molecule has 0 aromatic heterocycles. The van der Waals surface area contributed by atoms with E-state index in [1.807, 2.05) is 30.3 Å². The van der Waals surface area contributed by atoms with E-state index in [9.17, 15) is 5.11 Å². The molecule has 2 N–H and O–H groups in total. The lowest BCUT2D eigenvalue weighted by molar-refractivity contribution is 0.00512. The van der Waals surface area contributed by atoms with Crippen LogP contribution in [0, 0.1) is 12.8 Å². The van der Waals surface area contributed by atoms with E-state index < -0.39 is 5.72 Å². The molecule has 0 saturated heterocycles. The number of hydrogen-bond acceptors (Lipinski definition) is 2. The quantitative estimate of drug-likeness (QED) is 0.721. The minimum Gasteiger partial charge on any atom is -0.376 e. The van der Waals surface area contributed by atoms with Crippen molar-refractivity contribution in [1.29, 1.82) is 0 Å². The Labute approximate surface area is 98.7 Å². The highest BCUT2D eigenvalue weighted by molar-refractivity contribution is 5.16. The summed E-state index contributed by atoms with van der Waals surface area (Å²) in [7, 11) is 0. The molecule has 1 aromatic rings. The zero-order valence-electron chi connectivity index (χ0n) is 10.2. The number of aliphatic hydroxyl groups is 1. The first-order valence-corrected chi connectivity index (χ1v) is 5.86. The van der Waals surface area contributed by atoms with Gasteiger partial charge in [0.05, 0.1) is 0 Å². The molecular weight excluding hydrogens is 198 g/mol. The Morgan fingerprint density at radius 3 is 2.44 bits per heavy atom. The SMILES string of the molecule is [CH2]C[C@@](O)(Cc1ccccc1)NCC(C)C. The lowest BCUT2D eigenvalue weighted by Crippen LogP contribution is -2.48. The van der Waals surface area contributed by atoms with E-state index >= 15 is 0 Å². The third kappa shape index (κ3) is 4.33. The molecule has 0 heterocycles. The predicted molar refractivity (Wildman–Crippen MR) is 67.9 cm³/mol. The topological polar surface area (TPSA) is 32.3 Å². The summed E-state index contributed by atoms with van der Waals surface area (Å²) in [5.41, 5.74) is 0.246. The fourth-order valence-corrected chi connectivity index (χ4v) is 1.57. The highest BCUT2D eigenvalue weighted by atomic mass is 16.3. The minimum absolute atomic E-state index is 0.467. The lowest BCUT2D eigenvalue weighted by atomic mass is 9.99. The van der Waals surface area contributed by atoms with Crippen LogP contribution in [-0.4, -0.2) is 17.4 Å². The van der Waals surface area contributed by atoms with Crippen molar-refractivity contribution in [3.05, 3.63) is 42.8 Å². The van der Waals surface area contributed by atoms with E-state index in [0.717, 1.165) is 12.1 Å². The molecule has 0 fully saturated rings. The molecule has 89 valence electrons. The van der Waals surface area contributed by atoms with Crippen LogP contribution in [0.2, 0.25) is 0 Å². The molecule has 0 bridgehead atoms. The smallest absolute Gasteiger partial charge is 0.120 e. The lowest BCUT2D eigenvalue weighted by Gasteiger charge is -2.29. The third-order valence-corrected chi connectivity index (χ3v) is 2.59. The molecule has 1 radical (unpaired) electrons. The Balaban J connectivity index is 2.59. The van der Waals surface area contributed by atoms with Crippen LogP contribution < -0.4 is 5.32 Å². The van der Waals surface area contributed by atoms with E-state index in [-0.39, 0.29) is 0 Å². The van der Waals surface area contributed by atoms with Crippen molar-refractivity contribution in [3.8, 4) is 0 Å². The average Bonchev–Trinajstić information content (AvgIpc) is 2.28. The van der Waals surface area contributed by atoms with Crippen molar-refractivity contribution < 1.29 is 5.11 Å². The summed E-state index contributed by atoms with van der Waals surface area (Å²) in [5, 5.41) is 13.5. The summed E-state index contributed by atoms with van der Waals surface area (Å²) in [4.78, 5) is 0. The molecule has 0 amide bonds. The van der Waals surface area contributed by atoms with E-state index in [0.29, 0.717) is 18.8 Å². The molecule has 0 aliphatic carbocycles. The normalized spacial score (nSPS) is 15.1. The van der Waals surface area contributed by atoms with Crippen molar-refractivity contribution >= 4 is 0 Å². The molecule has 0 unspecified atom stereocenters. The molecule has 0 aliphatic heterocycles. The second kappa shape index (κ2) is 6.02. The van der Waals surface area contributed by atoms with Gasteiger partial charge >= 0.3 is 0 Å². The van der Waals surface area contributed by atoms with Crippen LogP contribution in [0.1, 0.15) is 25.8 Å². The van der Waals surface area contributed by atoms with Crippen molar-refractivity contribution in [2.24, 2.45) is 5.92 Å². The molecule has 1 aromatic carbocycles. The average molecular weight is 220 g/mol. The number of rotatable bonds is 6. The standard InChI is InChI=1S/C14H22NO/c1-4-14(16,15-11-12(2)3)10-13-8-6-5-7-9-13/h5-9,12,15-16H,1,4,10-11H2,2-3H3/t14-/m1/s1. The summed E-state index contributed by atoms with van der Waals surface area (Å²) in [5.74, 6) is 0.522. The van der Waals surface area contributed by atoms with Gasteiger partial charge in [0, 0.05) is 13.0 Å². The Bertz CT molecular complexity index is 297. The van der Waals surface area contributed by atoms with Crippen LogP contribution in [-0.2, 0) is 6.42 Å². The largest absolute Gasteiger partial charge is 0.376 e. The van der Waals surface area contributed by atoms with Crippen LogP contribution in [0.4, 0.5) is 0 Å². The van der Waals surface area contributed by atoms with Crippen molar-refractivity contribution in [2.75, 3.05) is 6.54 Å². The van der Waals surface area contributed by atoms with E-state index in [4.69, 9.17) is 0 Å². The second-order valence-electron chi connectivity index (χ2n) is 4.72. The number of nitrogens with one attached hydrogen (secondary N) is 1. The van der Waals surface area contributed by atoms with Crippen LogP contribution in [0.15, 0.2) is 30.3 Å². The highest BCUT2D eigenvalue weighted by Crippen LogP contribution is 2.14. The molecule has 2 heteroatoms. The minimum atomic E-state index is -0.883. The molecule has 1 rings (SSSR count). The van der Waals surface area contributed by atoms with Crippen LogP contribution >= 0.6 is 0 Å². The summed E-state index contributed by atoms with van der Waals surface area (Å²) >= 11 is 0. The second-order valence-corrected chi connectivity index (χ2v) is 4.72. The van der Waals surface area contributed by atoms with Crippen LogP contribution in [0.25, 0.3) is 0 Å². The van der Waals surface area contributed by atoms with Gasteiger partial charge in [-0.3, -0.25) is 5.32 Å². The Morgan fingerprint density at radius 2 is 1.94 bits per heavy atom. The van der Waals surface area contributed by atoms with E-state index in [1.165, 1.54) is 0 Å². The predicted octanol–water partition coefficient (Wildman–Crippen LogP) is 2.39. The van der Waals surface area contributed by atoms with Crippen LogP contribution in [0.3, 0.4) is 0 Å². The van der Waals surface area contributed by atoms with Crippen LogP contribution in [0.5, 0.6) is 0 Å². The van der Waals surface area contributed by atoms with Gasteiger partial charge in [-0.25, -0.2) is 0 Å². The van der Waals surface area contributed by atoms with E-state index in [2.05, 4.69) is 26.1 Å². The number of hydrogen-bond donors (Lipinski definition) is 2. The van der Waals surface area contributed by atoms with Gasteiger partial charge in [-0.15, -0.1) is 0 Å². The van der Waals surface area contributed by atoms with Gasteiger partial charge in [0.15, 0.2) is 0 Å². The third-order valence-electron chi connectivity index (χ3n) is 2.59. The molecule has 16 heavy (non-hydrogen) atoms.